The highest BCUT2D eigenvalue weighted by molar-refractivity contribution is 5.37. The minimum Gasteiger partial charge on any atom is -0.491 e. The summed E-state index contributed by atoms with van der Waals surface area (Å²) in [6, 6.07) is 6.35. The van der Waals surface area contributed by atoms with Gasteiger partial charge in [0.2, 0.25) is 0 Å². The van der Waals surface area contributed by atoms with E-state index in [1.165, 1.54) is 5.56 Å². The van der Waals surface area contributed by atoms with Crippen molar-refractivity contribution in [1.82, 2.24) is 5.32 Å². The summed E-state index contributed by atoms with van der Waals surface area (Å²) in [4.78, 5) is 0. The fraction of sp³-hybridized carbons (Fsp3) is 0.538. The molecule has 0 fully saturated rings. The molecule has 0 saturated carbocycles. The summed E-state index contributed by atoms with van der Waals surface area (Å²) in [5.74, 6) is 0.769. The summed E-state index contributed by atoms with van der Waals surface area (Å²) in [5.41, 5.74) is 2.28. The van der Waals surface area contributed by atoms with Crippen LogP contribution < -0.4 is 10.1 Å². The molecule has 0 aliphatic heterocycles. The minimum absolute atomic E-state index is 0.128. The molecule has 1 aromatic carbocycles. The Kier molecular flexibility index (Phi) is 5.26. The molecule has 1 N–H and O–H groups in total. The van der Waals surface area contributed by atoms with E-state index in [1.54, 1.807) is 0 Å². The van der Waals surface area contributed by atoms with Crippen LogP contribution in [0.2, 0.25) is 0 Å². The summed E-state index contributed by atoms with van der Waals surface area (Å²) in [6.45, 7) is 6.82. The van der Waals surface area contributed by atoms with Crippen molar-refractivity contribution in [2.75, 3.05) is 19.8 Å². The van der Waals surface area contributed by atoms with Crippen LogP contribution in [-0.2, 0) is 0 Å². The second-order valence-electron chi connectivity index (χ2n) is 3.84. The minimum atomic E-state index is -0.449. The average Bonchev–Trinajstić information content (AvgIpc) is 2.27. The van der Waals surface area contributed by atoms with Gasteiger partial charge in [-0.2, -0.15) is 0 Å². The normalized spacial score (nSPS) is 12.5. The molecule has 0 aromatic heterocycles. The van der Waals surface area contributed by atoms with Crippen LogP contribution in [0.5, 0.6) is 5.75 Å². The van der Waals surface area contributed by atoms with E-state index in [-0.39, 0.29) is 6.61 Å². The van der Waals surface area contributed by atoms with E-state index in [0.29, 0.717) is 6.04 Å². The average molecular weight is 225 g/mol. The molecule has 0 aliphatic carbocycles. The van der Waals surface area contributed by atoms with Gasteiger partial charge in [0.25, 0.3) is 0 Å². The maximum atomic E-state index is 12.0. The molecule has 1 unspecified atom stereocenters. The van der Waals surface area contributed by atoms with Gasteiger partial charge < -0.3 is 10.1 Å². The van der Waals surface area contributed by atoms with Gasteiger partial charge in [-0.05, 0) is 37.6 Å². The van der Waals surface area contributed by atoms with Crippen molar-refractivity contribution in [1.29, 1.82) is 0 Å². The van der Waals surface area contributed by atoms with Crippen LogP contribution in [-0.4, -0.2) is 19.8 Å². The van der Waals surface area contributed by atoms with E-state index in [1.807, 2.05) is 19.1 Å². The van der Waals surface area contributed by atoms with E-state index in [4.69, 9.17) is 4.74 Å². The number of ether oxygens (including phenoxy) is 1. The summed E-state index contributed by atoms with van der Waals surface area (Å²) < 4.78 is 17.3. The third-order valence-corrected chi connectivity index (χ3v) is 2.54. The fourth-order valence-electron chi connectivity index (χ4n) is 1.68. The van der Waals surface area contributed by atoms with Crippen molar-refractivity contribution < 1.29 is 9.13 Å². The first-order valence-electron chi connectivity index (χ1n) is 5.71. The highest BCUT2D eigenvalue weighted by Gasteiger charge is 2.06. The number of rotatable bonds is 6. The third-order valence-electron chi connectivity index (χ3n) is 2.54. The monoisotopic (exact) mass is 225 g/mol. The smallest absolute Gasteiger partial charge is 0.123 e. The lowest BCUT2D eigenvalue weighted by molar-refractivity contribution is 0.271. The number of benzene rings is 1. The molecule has 90 valence electrons. The molecule has 1 aromatic rings. The molecule has 0 spiro atoms. The van der Waals surface area contributed by atoms with Crippen LogP contribution in [0.3, 0.4) is 0 Å². The second-order valence-corrected chi connectivity index (χ2v) is 3.84. The molecular weight excluding hydrogens is 205 g/mol. The number of hydrogen-bond acceptors (Lipinski definition) is 2. The van der Waals surface area contributed by atoms with Gasteiger partial charge in [0, 0.05) is 6.04 Å². The first-order chi connectivity index (χ1) is 7.69. The third kappa shape index (κ3) is 3.49. The first kappa shape index (κ1) is 13.0. The lowest BCUT2D eigenvalue weighted by atomic mass is 10.1. The Labute approximate surface area is 96.8 Å². The van der Waals surface area contributed by atoms with Crippen LogP contribution in [0, 0.1) is 6.92 Å². The molecule has 1 atom stereocenters. The zero-order valence-electron chi connectivity index (χ0n) is 10.2. The topological polar surface area (TPSA) is 21.3 Å². The lowest BCUT2D eigenvalue weighted by Gasteiger charge is -2.15. The Hall–Kier alpha value is -1.09. The predicted octanol–water partition coefficient (Wildman–Crippen LogP) is 3.01. The molecule has 16 heavy (non-hydrogen) atoms. The number of alkyl halides is 1. The van der Waals surface area contributed by atoms with Crippen LogP contribution in [0.15, 0.2) is 18.2 Å². The van der Waals surface area contributed by atoms with Crippen molar-refractivity contribution in [2.24, 2.45) is 0 Å². The zero-order chi connectivity index (χ0) is 12.0. The van der Waals surface area contributed by atoms with Crippen LogP contribution >= 0.6 is 0 Å². The Morgan fingerprint density at radius 2 is 2.19 bits per heavy atom. The fourth-order valence-corrected chi connectivity index (χ4v) is 1.68. The Balaban J connectivity index is 2.73. The molecular formula is C13H20FNO. The maximum Gasteiger partial charge on any atom is 0.123 e. The molecule has 0 aliphatic rings. The van der Waals surface area contributed by atoms with Crippen molar-refractivity contribution >= 4 is 0 Å². The van der Waals surface area contributed by atoms with E-state index in [2.05, 4.69) is 25.2 Å². The highest BCUT2D eigenvalue weighted by Crippen LogP contribution is 2.22. The van der Waals surface area contributed by atoms with Crippen molar-refractivity contribution in [3.63, 3.8) is 0 Å². The van der Waals surface area contributed by atoms with Gasteiger partial charge in [-0.15, -0.1) is 0 Å². The van der Waals surface area contributed by atoms with Gasteiger partial charge in [-0.25, -0.2) is 4.39 Å². The molecule has 1 rings (SSSR count). The van der Waals surface area contributed by atoms with Crippen LogP contribution in [0.25, 0.3) is 0 Å². The van der Waals surface area contributed by atoms with Gasteiger partial charge >= 0.3 is 0 Å². The van der Waals surface area contributed by atoms with Crippen molar-refractivity contribution in [3.05, 3.63) is 29.3 Å². The lowest BCUT2D eigenvalue weighted by Crippen LogP contribution is -2.17. The largest absolute Gasteiger partial charge is 0.491 e. The van der Waals surface area contributed by atoms with Gasteiger partial charge in [0.05, 0.1) is 0 Å². The molecule has 0 bridgehead atoms. The second kappa shape index (κ2) is 6.48. The standard InChI is InChI=1S/C13H20FNO/c1-4-15-11(3)12-5-6-13(10(2)9-12)16-8-7-14/h5-6,9,11,15H,4,7-8H2,1-3H3. The number of nitrogens with one attached hydrogen (secondary N) is 1. The van der Waals surface area contributed by atoms with E-state index in [9.17, 15) is 4.39 Å². The predicted molar refractivity (Wildman–Crippen MR) is 64.7 cm³/mol. The van der Waals surface area contributed by atoms with Crippen molar-refractivity contribution in [2.45, 2.75) is 26.8 Å². The summed E-state index contributed by atoms with van der Waals surface area (Å²) in [7, 11) is 0. The molecule has 0 saturated heterocycles. The molecule has 2 nitrogen and oxygen atoms in total. The zero-order valence-corrected chi connectivity index (χ0v) is 10.2. The van der Waals surface area contributed by atoms with E-state index >= 15 is 0 Å². The summed E-state index contributed by atoms with van der Waals surface area (Å²) >= 11 is 0. The molecule has 3 heteroatoms. The SMILES string of the molecule is CCNC(C)c1ccc(OCCF)c(C)c1. The van der Waals surface area contributed by atoms with Crippen molar-refractivity contribution in [3.8, 4) is 5.75 Å². The van der Waals surface area contributed by atoms with E-state index in [0.717, 1.165) is 17.9 Å². The van der Waals surface area contributed by atoms with E-state index < -0.39 is 6.67 Å². The molecule has 0 radical (unpaired) electrons. The van der Waals surface area contributed by atoms with Crippen LogP contribution in [0.1, 0.15) is 31.0 Å². The quantitative estimate of drug-likeness (QED) is 0.803. The highest BCUT2D eigenvalue weighted by atomic mass is 19.1. The van der Waals surface area contributed by atoms with Gasteiger partial charge in [-0.1, -0.05) is 19.1 Å². The Morgan fingerprint density at radius 3 is 2.75 bits per heavy atom. The first-order valence-corrected chi connectivity index (χ1v) is 5.71. The molecule has 0 heterocycles. The van der Waals surface area contributed by atoms with Crippen LogP contribution in [0.4, 0.5) is 4.39 Å². The number of aryl methyl sites for hydroxylation is 1. The van der Waals surface area contributed by atoms with Gasteiger partial charge in [0.1, 0.15) is 19.0 Å². The maximum absolute atomic E-state index is 12.0. The Morgan fingerprint density at radius 1 is 1.44 bits per heavy atom. The summed E-state index contributed by atoms with van der Waals surface area (Å²) in [6.07, 6.45) is 0. The number of hydrogen-bond donors (Lipinski definition) is 1. The Bertz CT molecular complexity index is 328. The van der Waals surface area contributed by atoms with Gasteiger partial charge in [0.15, 0.2) is 0 Å². The number of halogens is 1. The molecule has 0 amide bonds. The van der Waals surface area contributed by atoms with Gasteiger partial charge in [-0.3, -0.25) is 0 Å². The summed E-state index contributed by atoms with van der Waals surface area (Å²) in [5, 5.41) is 3.35.